The summed E-state index contributed by atoms with van der Waals surface area (Å²) >= 11 is 0. The van der Waals surface area contributed by atoms with E-state index in [-0.39, 0.29) is 10.8 Å². The molecule has 1 heterocycles. The summed E-state index contributed by atoms with van der Waals surface area (Å²) in [6.07, 6.45) is 3.59. The summed E-state index contributed by atoms with van der Waals surface area (Å²) in [4.78, 5) is 22.7. The van der Waals surface area contributed by atoms with E-state index >= 15 is 0 Å². The number of primary sulfonamides is 1. The van der Waals surface area contributed by atoms with Gasteiger partial charge in [-0.2, -0.15) is 0 Å². The number of sulfonamides is 1. The number of nitrogens with zero attached hydrogens (tertiary/aromatic N) is 3. The Kier molecular flexibility index (Phi) is 6.64. The summed E-state index contributed by atoms with van der Waals surface area (Å²) in [6.45, 7) is 6.04. The highest BCUT2D eigenvalue weighted by Crippen LogP contribution is 2.09. The number of aromatic nitrogens is 2. The number of carbonyl (C=O) groups is 1. The lowest BCUT2D eigenvalue weighted by molar-refractivity contribution is 0.0953. The highest BCUT2D eigenvalue weighted by Gasteiger charge is 2.10. The molecule has 0 saturated carbocycles. The summed E-state index contributed by atoms with van der Waals surface area (Å²) in [7, 11) is -3.69. The number of rotatable bonds is 8. The molecule has 1 amide bonds. The standard InChI is InChI=1S/C17H23N5O3S/c1-3-22(4-2)17-20-11-14(12-21-17)16(23)19-10-9-13-5-7-15(8-6-13)26(18,24)25/h5-8,11-12H,3-4,9-10H2,1-2H3,(H,19,23)(H2,18,24,25). The maximum atomic E-state index is 12.1. The second-order valence-corrected chi connectivity index (χ2v) is 7.20. The molecule has 0 atom stereocenters. The van der Waals surface area contributed by atoms with Crippen LogP contribution in [0.5, 0.6) is 0 Å². The van der Waals surface area contributed by atoms with Crippen molar-refractivity contribution in [2.45, 2.75) is 25.2 Å². The average molecular weight is 377 g/mol. The Morgan fingerprint density at radius 1 is 1.12 bits per heavy atom. The van der Waals surface area contributed by atoms with Crippen LogP contribution in [0.15, 0.2) is 41.6 Å². The molecule has 0 aliphatic heterocycles. The first-order chi connectivity index (χ1) is 12.3. The van der Waals surface area contributed by atoms with Crippen molar-refractivity contribution in [1.29, 1.82) is 0 Å². The molecule has 0 unspecified atom stereocenters. The van der Waals surface area contributed by atoms with Gasteiger partial charge in [0, 0.05) is 32.0 Å². The van der Waals surface area contributed by atoms with Gasteiger partial charge in [-0.25, -0.2) is 23.5 Å². The smallest absolute Gasteiger partial charge is 0.254 e. The van der Waals surface area contributed by atoms with Crippen LogP contribution in [-0.4, -0.2) is 43.9 Å². The van der Waals surface area contributed by atoms with Crippen LogP contribution in [0.4, 0.5) is 5.95 Å². The Balaban J connectivity index is 1.88. The first-order valence-corrected chi connectivity index (χ1v) is 9.86. The Labute approximate surface area is 153 Å². The lowest BCUT2D eigenvalue weighted by Crippen LogP contribution is -2.27. The van der Waals surface area contributed by atoms with Crippen molar-refractivity contribution < 1.29 is 13.2 Å². The van der Waals surface area contributed by atoms with Crippen LogP contribution in [0.25, 0.3) is 0 Å². The zero-order valence-corrected chi connectivity index (χ0v) is 15.7. The summed E-state index contributed by atoms with van der Waals surface area (Å²) < 4.78 is 22.4. The van der Waals surface area contributed by atoms with Gasteiger partial charge < -0.3 is 10.2 Å². The third kappa shape index (κ3) is 5.24. The third-order valence-corrected chi connectivity index (χ3v) is 4.83. The molecule has 0 spiro atoms. The predicted octanol–water partition coefficient (Wildman–Crippen LogP) is 0.943. The lowest BCUT2D eigenvalue weighted by Gasteiger charge is -2.17. The first kappa shape index (κ1) is 19.8. The van der Waals surface area contributed by atoms with E-state index in [0.717, 1.165) is 18.7 Å². The summed E-state index contributed by atoms with van der Waals surface area (Å²) in [5, 5.41) is 7.85. The van der Waals surface area contributed by atoms with Gasteiger partial charge in [0.1, 0.15) is 0 Å². The quantitative estimate of drug-likeness (QED) is 0.707. The highest BCUT2D eigenvalue weighted by molar-refractivity contribution is 7.89. The van der Waals surface area contributed by atoms with Crippen LogP contribution >= 0.6 is 0 Å². The van der Waals surface area contributed by atoms with Crippen molar-refractivity contribution in [2.24, 2.45) is 5.14 Å². The van der Waals surface area contributed by atoms with E-state index < -0.39 is 10.0 Å². The Bertz CT molecular complexity index is 832. The number of hydrogen-bond donors (Lipinski definition) is 2. The molecule has 0 radical (unpaired) electrons. The van der Waals surface area contributed by atoms with E-state index in [1.165, 1.54) is 24.5 Å². The highest BCUT2D eigenvalue weighted by atomic mass is 32.2. The van der Waals surface area contributed by atoms with Crippen LogP contribution in [0.1, 0.15) is 29.8 Å². The molecule has 1 aromatic carbocycles. The number of nitrogens with two attached hydrogens (primary N) is 1. The van der Waals surface area contributed by atoms with E-state index in [1.54, 1.807) is 12.1 Å². The molecule has 26 heavy (non-hydrogen) atoms. The number of carbonyl (C=O) groups excluding carboxylic acids is 1. The largest absolute Gasteiger partial charge is 0.352 e. The Morgan fingerprint density at radius 2 is 1.69 bits per heavy atom. The number of hydrogen-bond acceptors (Lipinski definition) is 6. The van der Waals surface area contributed by atoms with Gasteiger partial charge in [-0.15, -0.1) is 0 Å². The molecule has 2 rings (SSSR count). The molecular weight excluding hydrogens is 354 g/mol. The van der Waals surface area contributed by atoms with Crippen molar-refractivity contribution >= 4 is 21.9 Å². The van der Waals surface area contributed by atoms with Gasteiger partial charge in [-0.05, 0) is 38.0 Å². The van der Waals surface area contributed by atoms with Gasteiger partial charge in [0.15, 0.2) is 0 Å². The summed E-state index contributed by atoms with van der Waals surface area (Å²) in [5.74, 6) is 0.346. The molecule has 0 fully saturated rings. The van der Waals surface area contributed by atoms with Crippen molar-refractivity contribution in [3.63, 3.8) is 0 Å². The van der Waals surface area contributed by atoms with Gasteiger partial charge in [-0.3, -0.25) is 4.79 Å². The van der Waals surface area contributed by atoms with Crippen LogP contribution in [-0.2, 0) is 16.4 Å². The van der Waals surface area contributed by atoms with Crippen LogP contribution in [0.3, 0.4) is 0 Å². The molecule has 8 nitrogen and oxygen atoms in total. The average Bonchev–Trinajstić information content (AvgIpc) is 2.63. The molecule has 0 saturated heterocycles. The molecule has 9 heteroatoms. The molecule has 3 N–H and O–H groups in total. The van der Waals surface area contributed by atoms with Crippen molar-refractivity contribution in [2.75, 3.05) is 24.5 Å². The fraction of sp³-hybridized carbons (Fsp3) is 0.353. The number of amides is 1. The van der Waals surface area contributed by atoms with Crippen molar-refractivity contribution in [1.82, 2.24) is 15.3 Å². The number of benzene rings is 1. The molecular formula is C17H23N5O3S. The Hall–Kier alpha value is -2.52. The van der Waals surface area contributed by atoms with E-state index in [1.807, 2.05) is 18.7 Å². The van der Waals surface area contributed by atoms with Gasteiger partial charge in [-0.1, -0.05) is 12.1 Å². The normalized spacial score (nSPS) is 11.2. The van der Waals surface area contributed by atoms with Crippen LogP contribution in [0.2, 0.25) is 0 Å². The maximum absolute atomic E-state index is 12.1. The van der Waals surface area contributed by atoms with E-state index in [2.05, 4.69) is 15.3 Å². The molecule has 2 aromatic rings. The van der Waals surface area contributed by atoms with E-state index in [9.17, 15) is 13.2 Å². The topological polar surface area (TPSA) is 118 Å². The van der Waals surface area contributed by atoms with Crippen LogP contribution < -0.4 is 15.4 Å². The van der Waals surface area contributed by atoms with Crippen molar-refractivity contribution in [3.8, 4) is 0 Å². The van der Waals surface area contributed by atoms with E-state index in [0.29, 0.717) is 24.5 Å². The van der Waals surface area contributed by atoms with Gasteiger partial charge in [0.2, 0.25) is 16.0 Å². The fourth-order valence-corrected chi connectivity index (χ4v) is 2.89. The maximum Gasteiger partial charge on any atom is 0.254 e. The van der Waals surface area contributed by atoms with E-state index in [4.69, 9.17) is 5.14 Å². The minimum Gasteiger partial charge on any atom is -0.352 e. The number of nitrogens with one attached hydrogen (secondary N) is 1. The van der Waals surface area contributed by atoms with Crippen molar-refractivity contribution in [3.05, 3.63) is 47.8 Å². The molecule has 0 bridgehead atoms. The minimum absolute atomic E-state index is 0.0655. The lowest BCUT2D eigenvalue weighted by atomic mass is 10.1. The molecule has 140 valence electrons. The van der Waals surface area contributed by atoms with Gasteiger partial charge in [0.05, 0.1) is 10.5 Å². The first-order valence-electron chi connectivity index (χ1n) is 8.32. The summed E-state index contributed by atoms with van der Waals surface area (Å²) in [6, 6.07) is 6.25. The third-order valence-electron chi connectivity index (χ3n) is 3.90. The summed E-state index contributed by atoms with van der Waals surface area (Å²) in [5.41, 5.74) is 1.29. The zero-order valence-electron chi connectivity index (χ0n) is 14.8. The SMILES string of the molecule is CCN(CC)c1ncc(C(=O)NCCc2ccc(S(N)(=O)=O)cc2)cn1. The van der Waals surface area contributed by atoms with Gasteiger partial charge >= 0.3 is 0 Å². The molecule has 1 aromatic heterocycles. The number of anilines is 1. The predicted molar refractivity (Wildman–Crippen MR) is 99.4 cm³/mol. The molecule has 0 aliphatic carbocycles. The van der Waals surface area contributed by atoms with Crippen LogP contribution in [0, 0.1) is 0 Å². The fourth-order valence-electron chi connectivity index (χ4n) is 2.38. The minimum atomic E-state index is -3.69. The second-order valence-electron chi connectivity index (χ2n) is 5.64. The molecule has 0 aliphatic rings. The zero-order chi connectivity index (χ0) is 19.2. The van der Waals surface area contributed by atoms with Gasteiger partial charge in [0.25, 0.3) is 5.91 Å². The second kappa shape index (κ2) is 8.72. The monoisotopic (exact) mass is 377 g/mol. The Morgan fingerprint density at radius 3 is 2.19 bits per heavy atom.